The Kier molecular flexibility index (Phi) is 9.54. The van der Waals surface area contributed by atoms with Crippen molar-refractivity contribution in [2.75, 3.05) is 39.5 Å². The molecule has 1 rings (SSSR count). The molecule has 1 aliphatic rings. The van der Waals surface area contributed by atoms with Crippen LogP contribution in [-0.2, 0) is 19.1 Å². The van der Waals surface area contributed by atoms with Gasteiger partial charge in [0.1, 0.15) is 11.6 Å². The number of nitrogens with zero attached hydrogens (tertiary/aromatic N) is 2. The average Bonchev–Trinajstić information content (AvgIpc) is 2.59. The molecule has 1 saturated heterocycles. The zero-order valence-corrected chi connectivity index (χ0v) is 14.5. The van der Waals surface area contributed by atoms with Gasteiger partial charge in [-0.05, 0) is 33.1 Å². The largest absolute Gasteiger partial charge is 0.466 e. The second kappa shape index (κ2) is 11.5. The summed E-state index contributed by atoms with van der Waals surface area (Å²) in [6.45, 7) is 6.94. The van der Waals surface area contributed by atoms with Gasteiger partial charge in [0.15, 0.2) is 0 Å². The van der Waals surface area contributed by atoms with Crippen molar-refractivity contribution in [3.8, 4) is 6.07 Å². The van der Waals surface area contributed by atoms with Crippen LogP contribution in [0, 0.1) is 17.2 Å². The van der Waals surface area contributed by atoms with Gasteiger partial charge in [0, 0.05) is 39.0 Å². The van der Waals surface area contributed by atoms with E-state index in [1.54, 1.807) is 13.1 Å². The Bertz CT molecular complexity index is 485. The van der Waals surface area contributed by atoms with Gasteiger partial charge in [-0.15, -0.1) is 0 Å². The number of carbonyl (C=O) groups excluding carboxylic acids is 2. The number of nitriles is 1. The Hall–Kier alpha value is -2.07. The number of piperidine rings is 1. The molecule has 1 aliphatic heterocycles. The van der Waals surface area contributed by atoms with E-state index in [9.17, 15) is 14.9 Å². The summed E-state index contributed by atoms with van der Waals surface area (Å²) in [4.78, 5) is 25.7. The number of nitrogens with one attached hydrogen (secondary N) is 1. The second-order valence-electron chi connectivity index (χ2n) is 5.55. The van der Waals surface area contributed by atoms with Crippen molar-refractivity contribution in [1.82, 2.24) is 10.2 Å². The minimum absolute atomic E-state index is 0.0518. The molecule has 1 unspecified atom stereocenters. The van der Waals surface area contributed by atoms with E-state index in [2.05, 4.69) is 5.32 Å². The molecule has 1 fully saturated rings. The first-order chi connectivity index (χ1) is 11.6. The summed E-state index contributed by atoms with van der Waals surface area (Å²) >= 11 is 0. The van der Waals surface area contributed by atoms with Crippen LogP contribution in [0.25, 0.3) is 0 Å². The zero-order valence-electron chi connectivity index (χ0n) is 14.5. The summed E-state index contributed by atoms with van der Waals surface area (Å²) in [5.41, 5.74) is 0.0518. The highest BCUT2D eigenvalue weighted by atomic mass is 16.5. The molecule has 7 heteroatoms. The Morgan fingerprint density at radius 2 is 2.17 bits per heavy atom. The molecule has 1 heterocycles. The number of esters is 1. The fraction of sp³-hybridized carbons (Fsp3) is 0.706. The van der Waals surface area contributed by atoms with Crippen LogP contribution < -0.4 is 5.32 Å². The van der Waals surface area contributed by atoms with Crippen LogP contribution in [0.5, 0.6) is 0 Å². The van der Waals surface area contributed by atoms with Crippen molar-refractivity contribution in [2.45, 2.75) is 33.1 Å². The third-order valence-electron chi connectivity index (χ3n) is 3.70. The van der Waals surface area contributed by atoms with Gasteiger partial charge in [0.25, 0.3) is 5.91 Å². The molecule has 7 nitrogen and oxygen atoms in total. The van der Waals surface area contributed by atoms with Crippen LogP contribution in [0.2, 0.25) is 0 Å². The predicted octanol–water partition coefficient (Wildman–Crippen LogP) is 1.21. The van der Waals surface area contributed by atoms with Gasteiger partial charge < -0.3 is 19.7 Å². The zero-order chi connectivity index (χ0) is 17.8. The Morgan fingerprint density at radius 1 is 1.38 bits per heavy atom. The van der Waals surface area contributed by atoms with Crippen molar-refractivity contribution >= 4 is 11.9 Å². The Labute approximate surface area is 143 Å². The van der Waals surface area contributed by atoms with E-state index >= 15 is 0 Å². The predicted molar refractivity (Wildman–Crippen MR) is 88.7 cm³/mol. The molecule has 0 aromatic rings. The van der Waals surface area contributed by atoms with Gasteiger partial charge in [-0.1, -0.05) is 0 Å². The summed E-state index contributed by atoms with van der Waals surface area (Å²) in [5.74, 6) is -0.814. The van der Waals surface area contributed by atoms with Crippen LogP contribution in [0.1, 0.15) is 33.1 Å². The van der Waals surface area contributed by atoms with Crippen molar-refractivity contribution in [3.63, 3.8) is 0 Å². The summed E-state index contributed by atoms with van der Waals surface area (Å²) < 4.78 is 10.2. The lowest BCUT2D eigenvalue weighted by Crippen LogP contribution is -2.37. The van der Waals surface area contributed by atoms with Gasteiger partial charge in [-0.3, -0.25) is 9.59 Å². The monoisotopic (exact) mass is 337 g/mol. The lowest BCUT2D eigenvalue weighted by Gasteiger charge is -2.30. The van der Waals surface area contributed by atoms with Crippen LogP contribution in [0.15, 0.2) is 11.8 Å². The summed E-state index contributed by atoms with van der Waals surface area (Å²) in [5, 5.41) is 11.9. The minimum Gasteiger partial charge on any atom is -0.466 e. The van der Waals surface area contributed by atoms with Crippen LogP contribution in [-0.4, -0.2) is 56.2 Å². The average molecular weight is 337 g/mol. The minimum atomic E-state index is -0.396. The molecule has 24 heavy (non-hydrogen) atoms. The molecule has 1 atom stereocenters. The molecule has 0 spiro atoms. The highest BCUT2D eigenvalue weighted by Gasteiger charge is 2.26. The van der Waals surface area contributed by atoms with Crippen LogP contribution in [0.4, 0.5) is 0 Å². The number of ether oxygens (including phenoxy) is 2. The number of hydrogen-bond donors (Lipinski definition) is 1. The SMILES string of the molecule is CCOCCCNC(=O)/C(C#N)=C\N1CCCC(C(=O)OCC)C1. The maximum atomic E-state index is 12.0. The number of amides is 1. The van der Waals surface area contributed by atoms with Gasteiger partial charge >= 0.3 is 5.97 Å². The van der Waals surface area contributed by atoms with Gasteiger partial charge in [0.2, 0.25) is 0 Å². The summed E-state index contributed by atoms with van der Waals surface area (Å²) in [6.07, 6.45) is 3.85. The fourth-order valence-electron chi connectivity index (χ4n) is 2.51. The summed E-state index contributed by atoms with van der Waals surface area (Å²) in [6, 6.07) is 1.93. The molecule has 0 aromatic carbocycles. The molecule has 1 amide bonds. The lowest BCUT2D eigenvalue weighted by molar-refractivity contribution is -0.149. The molecule has 134 valence electrons. The maximum absolute atomic E-state index is 12.0. The summed E-state index contributed by atoms with van der Waals surface area (Å²) in [7, 11) is 0. The number of rotatable bonds is 9. The first-order valence-corrected chi connectivity index (χ1v) is 8.50. The molecule has 1 N–H and O–H groups in total. The first-order valence-electron chi connectivity index (χ1n) is 8.50. The second-order valence-corrected chi connectivity index (χ2v) is 5.55. The Balaban J connectivity index is 2.52. The van der Waals surface area contributed by atoms with Gasteiger partial charge in [-0.2, -0.15) is 5.26 Å². The van der Waals surface area contributed by atoms with Crippen molar-refractivity contribution in [3.05, 3.63) is 11.8 Å². The molecule has 0 aromatic heterocycles. The smallest absolute Gasteiger partial charge is 0.310 e. The van der Waals surface area contributed by atoms with E-state index in [4.69, 9.17) is 9.47 Å². The molecule has 0 aliphatic carbocycles. The van der Waals surface area contributed by atoms with Crippen LogP contribution >= 0.6 is 0 Å². The standard InChI is InChI=1S/C17H27N3O4/c1-3-23-10-6-8-19-16(21)15(11-18)13-20-9-5-7-14(12-20)17(22)24-4-2/h13-14H,3-10,12H2,1-2H3,(H,19,21)/b15-13-. The van der Waals surface area contributed by atoms with E-state index in [1.165, 1.54) is 0 Å². The fourth-order valence-corrected chi connectivity index (χ4v) is 2.51. The number of carbonyl (C=O) groups is 2. The molecule has 0 saturated carbocycles. The highest BCUT2D eigenvalue weighted by Crippen LogP contribution is 2.18. The van der Waals surface area contributed by atoms with Crippen molar-refractivity contribution in [2.24, 2.45) is 5.92 Å². The van der Waals surface area contributed by atoms with E-state index < -0.39 is 5.91 Å². The normalized spacial score (nSPS) is 18.0. The first kappa shape index (κ1) is 20.0. The van der Waals surface area contributed by atoms with E-state index in [-0.39, 0.29) is 17.5 Å². The van der Waals surface area contributed by atoms with Gasteiger partial charge in [0.05, 0.1) is 12.5 Å². The third-order valence-corrected chi connectivity index (χ3v) is 3.70. The van der Waals surface area contributed by atoms with E-state index in [0.29, 0.717) is 39.3 Å². The van der Waals surface area contributed by atoms with Crippen LogP contribution in [0.3, 0.4) is 0 Å². The highest BCUT2D eigenvalue weighted by molar-refractivity contribution is 5.97. The topological polar surface area (TPSA) is 91.7 Å². The quantitative estimate of drug-likeness (QED) is 0.294. The van der Waals surface area contributed by atoms with Crippen molar-refractivity contribution in [1.29, 1.82) is 5.26 Å². The third kappa shape index (κ3) is 7.01. The molecular formula is C17H27N3O4. The molecule has 0 radical (unpaired) electrons. The van der Waals surface area contributed by atoms with E-state index in [0.717, 1.165) is 19.4 Å². The lowest BCUT2D eigenvalue weighted by atomic mass is 9.98. The molecule has 0 bridgehead atoms. The maximum Gasteiger partial charge on any atom is 0.310 e. The molecular weight excluding hydrogens is 310 g/mol. The van der Waals surface area contributed by atoms with E-state index in [1.807, 2.05) is 17.9 Å². The number of likely N-dealkylation sites (tertiary alicyclic amines) is 1. The van der Waals surface area contributed by atoms with Crippen molar-refractivity contribution < 1.29 is 19.1 Å². The Morgan fingerprint density at radius 3 is 2.83 bits per heavy atom. The van der Waals surface area contributed by atoms with Gasteiger partial charge in [-0.25, -0.2) is 0 Å². The number of hydrogen-bond acceptors (Lipinski definition) is 6.